The summed E-state index contributed by atoms with van der Waals surface area (Å²) < 4.78 is 0. The first-order valence-electron chi connectivity index (χ1n) is 8.08. The van der Waals surface area contributed by atoms with Gasteiger partial charge in [-0.25, -0.2) is 0 Å². The molecule has 5 nitrogen and oxygen atoms in total. The van der Waals surface area contributed by atoms with Gasteiger partial charge >= 0.3 is 0 Å². The fraction of sp³-hybridized carbons (Fsp3) is 0.800. The Labute approximate surface area is 131 Å². The van der Waals surface area contributed by atoms with Crippen LogP contribution in [0.25, 0.3) is 0 Å². The summed E-state index contributed by atoms with van der Waals surface area (Å²) in [4.78, 5) is 18.0. The molecule has 116 valence electrons. The van der Waals surface area contributed by atoms with E-state index < -0.39 is 0 Å². The number of rotatable bonds is 3. The number of hydrogen-bond donors (Lipinski definition) is 0. The zero-order valence-electron chi connectivity index (χ0n) is 12.9. The summed E-state index contributed by atoms with van der Waals surface area (Å²) >= 11 is 6.16. The highest BCUT2D eigenvalue weighted by molar-refractivity contribution is 6.28. The molecule has 0 amide bonds. The first-order chi connectivity index (χ1) is 10.1. The van der Waals surface area contributed by atoms with Crippen molar-refractivity contribution in [2.45, 2.75) is 52.0 Å². The monoisotopic (exact) mass is 309 g/mol. The Hall–Kier alpha value is -1.10. The van der Waals surface area contributed by atoms with Gasteiger partial charge in [-0.05, 0) is 49.6 Å². The molecular weight excluding hydrogens is 286 g/mol. The quantitative estimate of drug-likeness (QED) is 0.858. The van der Waals surface area contributed by atoms with Crippen LogP contribution in [0, 0.1) is 5.92 Å². The van der Waals surface area contributed by atoms with E-state index in [4.69, 9.17) is 16.6 Å². The van der Waals surface area contributed by atoms with E-state index in [1.54, 1.807) is 0 Å². The smallest absolute Gasteiger partial charge is 0.231 e. The molecule has 3 heterocycles. The molecule has 1 aromatic rings. The first-order valence-corrected chi connectivity index (χ1v) is 8.46. The molecule has 0 aromatic carbocycles. The van der Waals surface area contributed by atoms with Crippen molar-refractivity contribution >= 4 is 23.5 Å². The second kappa shape index (κ2) is 6.34. The highest BCUT2D eigenvalue weighted by Crippen LogP contribution is 2.29. The summed E-state index contributed by atoms with van der Waals surface area (Å²) in [7, 11) is 0. The largest absolute Gasteiger partial charge is 0.341 e. The van der Waals surface area contributed by atoms with Crippen LogP contribution < -0.4 is 9.80 Å². The number of hydrogen-bond acceptors (Lipinski definition) is 5. The van der Waals surface area contributed by atoms with Crippen LogP contribution in [0.3, 0.4) is 0 Å². The van der Waals surface area contributed by atoms with E-state index in [1.807, 2.05) is 0 Å². The molecule has 0 radical (unpaired) electrons. The number of piperidine rings is 1. The average Bonchev–Trinajstić information content (AvgIpc) is 2.97. The van der Waals surface area contributed by atoms with Crippen LogP contribution in [0.1, 0.15) is 46.0 Å². The van der Waals surface area contributed by atoms with E-state index in [1.165, 1.54) is 32.1 Å². The maximum Gasteiger partial charge on any atom is 0.231 e. The lowest BCUT2D eigenvalue weighted by Crippen LogP contribution is -2.36. The Bertz CT molecular complexity index is 487. The first kappa shape index (κ1) is 14.8. The third-order valence-corrected chi connectivity index (χ3v) is 4.72. The van der Waals surface area contributed by atoms with E-state index in [2.05, 4.69) is 33.6 Å². The van der Waals surface area contributed by atoms with Crippen LogP contribution in [-0.4, -0.2) is 40.6 Å². The van der Waals surface area contributed by atoms with Gasteiger partial charge in [-0.2, -0.15) is 15.0 Å². The SMILES string of the molecule is CC(C)C1CCCN1c1nc(Cl)nc(N2CCCCC2)n1. The summed E-state index contributed by atoms with van der Waals surface area (Å²) in [5.41, 5.74) is 0. The van der Waals surface area contributed by atoms with Crippen molar-refractivity contribution in [3.8, 4) is 0 Å². The van der Waals surface area contributed by atoms with Crippen molar-refractivity contribution in [3.63, 3.8) is 0 Å². The summed E-state index contributed by atoms with van der Waals surface area (Å²) in [5.74, 6) is 2.10. The predicted molar refractivity (Wildman–Crippen MR) is 86.1 cm³/mol. The highest BCUT2D eigenvalue weighted by Gasteiger charge is 2.30. The van der Waals surface area contributed by atoms with Crippen molar-refractivity contribution < 1.29 is 0 Å². The van der Waals surface area contributed by atoms with Crippen LogP contribution in [0.4, 0.5) is 11.9 Å². The van der Waals surface area contributed by atoms with Crippen LogP contribution in [0.2, 0.25) is 5.28 Å². The van der Waals surface area contributed by atoms with E-state index in [9.17, 15) is 0 Å². The lowest BCUT2D eigenvalue weighted by molar-refractivity contribution is 0.486. The minimum atomic E-state index is 0.315. The van der Waals surface area contributed by atoms with E-state index in [-0.39, 0.29) is 0 Å². The van der Waals surface area contributed by atoms with E-state index in [0.29, 0.717) is 17.2 Å². The minimum absolute atomic E-state index is 0.315. The second-order valence-electron chi connectivity index (χ2n) is 6.40. The Kier molecular flexibility index (Phi) is 4.48. The van der Waals surface area contributed by atoms with Crippen molar-refractivity contribution in [3.05, 3.63) is 5.28 Å². The molecule has 1 atom stereocenters. The third-order valence-electron chi connectivity index (χ3n) is 4.55. The van der Waals surface area contributed by atoms with Gasteiger partial charge in [-0.1, -0.05) is 13.8 Å². The molecule has 1 aromatic heterocycles. The number of aromatic nitrogens is 3. The fourth-order valence-electron chi connectivity index (χ4n) is 3.43. The minimum Gasteiger partial charge on any atom is -0.341 e. The molecular formula is C15H24ClN5. The summed E-state index contributed by atoms with van der Waals surface area (Å²) in [6.07, 6.45) is 6.11. The van der Waals surface area contributed by atoms with Gasteiger partial charge < -0.3 is 9.80 Å². The number of halogens is 1. The molecule has 0 bridgehead atoms. The normalized spacial score (nSPS) is 23.1. The maximum atomic E-state index is 6.16. The van der Waals surface area contributed by atoms with Gasteiger partial charge in [0, 0.05) is 25.7 Å². The van der Waals surface area contributed by atoms with Gasteiger partial charge in [0.2, 0.25) is 17.2 Å². The molecule has 0 saturated carbocycles. The van der Waals surface area contributed by atoms with Crippen molar-refractivity contribution in [2.24, 2.45) is 5.92 Å². The molecule has 2 fully saturated rings. The molecule has 1 unspecified atom stereocenters. The van der Waals surface area contributed by atoms with E-state index in [0.717, 1.165) is 31.5 Å². The molecule has 0 N–H and O–H groups in total. The van der Waals surface area contributed by atoms with Crippen molar-refractivity contribution in [2.75, 3.05) is 29.4 Å². The summed E-state index contributed by atoms with van der Waals surface area (Å²) in [6.45, 7) is 7.58. The second-order valence-corrected chi connectivity index (χ2v) is 6.74. The van der Waals surface area contributed by atoms with Gasteiger partial charge in [0.1, 0.15) is 0 Å². The van der Waals surface area contributed by atoms with Crippen LogP contribution in [0.5, 0.6) is 0 Å². The third kappa shape index (κ3) is 3.23. The predicted octanol–water partition coefficient (Wildman–Crippen LogP) is 3.14. The molecule has 0 aliphatic carbocycles. The molecule has 21 heavy (non-hydrogen) atoms. The zero-order valence-corrected chi connectivity index (χ0v) is 13.7. The standard InChI is InChI=1S/C15H24ClN5/c1-11(2)12-7-6-10-21(12)15-18-13(16)17-14(19-15)20-8-4-3-5-9-20/h11-12H,3-10H2,1-2H3. The van der Waals surface area contributed by atoms with E-state index >= 15 is 0 Å². The summed E-state index contributed by atoms with van der Waals surface area (Å²) in [6, 6.07) is 0.512. The van der Waals surface area contributed by atoms with Gasteiger partial charge in [0.05, 0.1) is 0 Å². The highest BCUT2D eigenvalue weighted by atomic mass is 35.5. The van der Waals surface area contributed by atoms with Gasteiger partial charge in [0.25, 0.3) is 0 Å². The molecule has 3 rings (SSSR count). The zero-order chi connectivity index (χ0) is 14.8. The Morgan fingerprint density at radius 2 is 1.67 bits per heavy atom. The Morgan fingerprint density at radius 3 is 2.38 bits per heavy atom. The molecule has 0 spiro atoms. The number of anilines is 2. The van der Waals surface area contributed by atoms with Crippen LogP contribution in [-0.2, 0) is 0 Å². The Morgan fingerprint density at radius 1 is 0.952 bits per heavy atom. The van der Waals surface area contributed by atoms with Gasteiger partial charge in [0.15, 0.2) is 0 Å². The fourth-order valence-corrected chi connectivity index (χ4v) is 3.58. The molecule has 2 saturated heterocycles. The van der Waals surface area contributed by atoms with Crippen LogP contribution >= 0.6 is 11.6 Å². The Balaban J connectivity index is 1.86. The van der Waals surface area contributed by atoms with Gasteiger partial charge in [-0.3, -0.25) is 0 Å². The van der Waals surface area contributed by atoms with Crippen molar-refractivity contribution in [1.82, 2.24) is 15.0 Å². The lowest BCUT2D eigenvalue weighted by Gasteiger charge is -2.30. The maximum absolute atomic E-state index is 6.16. The van der Waals surface area contributed by atoms with Crippen LogP contribution in [0.15, 0.2) is 0 Å². The topological polar surface area (TPSA) is 45.2 Å². The molecule has 6 heteroatoms. The van der Waals surface area contributed by atoms with Crippen molar-refractivity contribution in [1.29, 1.82) is 0 Å². The molecule has 2 aliphatic heterocycles. The summed E-state index contributed by atoms with van der Waals surface area (Å²) in [5, 5.41) is 0.315. The average molecular weight is 310 g/mol. The molecule has 2 aliphatic rings. The van der Waals surface area contributed by atoms with Gasteiger partial charge in [-0.15, -0.1) is 0 Å². The number of nitrogens with zero attached hydrogens (tertiary/aromatic N) is 5. The lowest BCUT2D eigenvalue weighted by atomic mass is 10.0.